The average Bonchev–Trinajstić information content (AvgIpc) is 2.44. The summed E-state index contributed by atoms with van der Waals surface area (Å²) in [4.78, 5) is 27.5. The Morgan fingerprint density at radius 2 is 2.00 bits per heavy atom. The zero-order valence-electron chi connectivity index (χ0n) is 7.18. The lowest BCUT2D eigenvalue weighted by atomic mass is 10.3. The molecular formula is C7H7N4O2. The number of rotatable bonds is 0. The predicted molar refractivity (Wildman–Crippen MR) is 43.5 cm³/mol. The number of fused-ring (bicyclic) bond motifs is 1. The number of aromatic nitrogens is 2. The SMILES string of the molecule is CN1C(=O)[N]C(=O)c2c1ncn2C. The molecule has 0 atom stereocenters. The van der Waals surface area contributed by atoms with Crippen LogP contribution in [-0.2, 0) is 7.05 Å². The molecule has 6 heteroatoms. The van der Waals surface area contributed by atoms with Crippen LogP contribution < -0.4 is 10.2 Å². The number of nitrogens with zero attached hydrogens (tertiary/aromatic N) is 4. The standard InChI is InChI=1S/C7H7N4O2/c1-10-3-8-5-4(10)6(12)9-7(13)11(5)2/h3H,1-2H3. The Bertz CT molecular complexity index is 395. The molecule has 0 bridgehead atoms. The molecule has 0 saturated heterocycles. The van der Waals surface area contributed by atoms with Gasteiger partial charge in [-0.2, -0.15) is 5.32 Å². The Labute approximate surface area is 74.2 Å². The first-order valence-corrected chi connectivity index (χ1v) is 3.66. The van der Waals surface area contributed by atoms with E-state index < -0.39 is 11.9 Å². The molecule has 67 valence electrons. The van der Waals surface area contributed by atoms with Gasteiger partial charge in [0, 0.05) is 14.1 Å². The van der Waals surface area contributed by atoms with Crippen molar-refractivity contribution in [2.45, 2.75) is 0 Å². The van der Waals surface area contributed by atoms with Crippen LogP contribution in [0.15, 0.2) is 6.33 Å². The molecule has 2 heterocycles. The summed E-state index contributed by atoms with van der Waals surface area (Å²) in [5.74, 6) is -0.161. The molecule has 0 aromatic carbocycles. The van der Waals surface area contributed by atoms with Crippen molar-refractivity contribution in [2.75, 3.05) is 11.9 Å². The maximum atomic E-state index is 11.2. The van der Waals surface area contributed by atoms with Gasteiger partial charge in [-0.3, -0.25) is 9.69 Å². The van der Waals surface area contributed by atoms with E-state index in [1.54, 1.807) is 11.6 Å². The van der Waals surface area contributed by atoms with Crippen LogP contribution in [0, 0.1) is 0 Å². The van der Waals surface area contributed by atoms with Gasteiger partial charge in [0.15, 0.2) is 11.5 Å². The number of aryl methyl sites for hydroxylation is 1. The largest absolute Gasteiger partial charge is 0.352 e. The molecular weight excluding hydrogens is 172 g/mol. The normalized spacial score (nSPS) is 15.7. The molecule has 1 aromatic rings. The first-order chi connectivity index (χ1) is 6.11. The number of imidazole rings is 1. The predicted octanol–water partition coefficient (Wildman–Crippen LogP) is -0.266. The van der Waals surface area contributed by atoms with Crippen molar-refractivity contribution in [3.05, 3.63) is 12.0 Å². The Morgan fingerprint density at radius 1 is 1.31 bits per heavy atom. The highest BCUT2D eigenvalue weighted by Crippen LogP contribution is 2.20. The van der Waals surface area contributed by atoms with Crippen LogP contribution in [0.3, 0.4) is 0 Å². The molecule has 0 aliphatic carbocycles. The maximum Gasteiger partial charge on any atom is 0.352 e. The third kappa shape index (κ3) is 0.915. The second kappa shape index (κ2) is 2.32. The number of anilines is 1. The van der Waals surface area contributed by atoms with Crippen LogP contribution in [-0.4, -0.2) is 28.5 Å². The lowest BCUT2D eigenvalue weighted by Crippen LogP contribution is -2.42. The van der Waals surface area contributed by atoms with E-state index in [1.165, 1.54) is 18.3 Å². The van der Waals surface area contributed by atoms with Gasteiger partial charge in [-0.25, -0.2) is 9.78 Å². The van der Waals surface area contributed by atoms with E-state index in [4.69, 9.17) is 0 Å². The maximum absolute atomic E-state index is 11.2. The third-order valence-corrected chi connectivity index (χ3v) is 1.92. The molecule has 0 unspecified atom stereocenters. The Hall–Kier alpha value is -1.85. The van der Waals surface area contributed by atoms with Crippen molar-refractivity contribution in [2.24, 2.45) is 7.05 Å². The first-order valence-electron chi connectivity index (χ1n) is 3.66. The van der Waals surface area contributed by atoms with Crippen LogP contribution in [0.4, 0.5) is 10.6 Å². The molecule has 0 fully saturated rings. The summed E-state index contributed by atoms with van der Waals surface area (Å²) in [6, 6.07) is -0.573. The van der Waals surface area contributed by atoms with Crippen LogP contribution in [0.25, 0.3) is 0 Å². The fourth-order valence-electron chi connectivity index (χ4n) is 1.22. The number of carbonyl (C=O) groups is 2. The summed E-state index contributed by atoms with van der Waals surface area (Å²) >= 11 is 0. The van der Waals surface area contributed by atoms with Crippen molar-refractivity contribution < 1.29 is 9.59 Å². The molecule has 2 rings (SSSR count). The highest BCUT2D eigenvalue weighted by molar-refractivity contribution is 6.15. The van der Waals surface area contributed by atoms with Crippen LogP contribution in [0.2, 0.25) is 0 Å². The molecule has 1 aliphatic rings. The van der Waals surface area contributed by atoms with Gasteiger partial charge < -0.3 is 4.57 Å². The number of carbonyl (C=O) groups excluding carboxylic acids is 2. The van der Waals surface area contributed by atoms with Gasteiger partial charge in [-0.05, 0) is 0 Å². The summed E-state index contributed by atoms with van der Waals surface area (Å²) in [5.41, 5.74) is 0.349. The van der Waals surface area contributed by atoms with Gasteiger partial charge in [0.25, 0.3) is 0 Å². The highest BCUT2D eigenvalue weighted by atomic mass is 16.2. The van der Waals surface area contributed by atoms with Crippen molar-refractivity contribution >= 4 is 17.8 Å². The van der Waals surface area contributed by atoms with Gasteiger partial charge >= 0.3 is 11.9 Å². The number of imide groups is 1. The average molecular weight is 179 g/mol. The summed E-state index contributed by atoms with van der Waals surface area (Å²) in [7, 11) is 3.22. The summed E-state index contributed by atoms with van der Waals surface area (Å²) in [5, 5.41) is 3.33. The van der Waals surface area contributed by atoms with Crippen molar-refractivity contribution in [1.82, 2.24) is 14.9 Å². The number of hydrogen-bond acceptors (Lipinski definition) is 3. The lowest BCUT2D eigenvalue weighted by molar-refractivity contribution is 0.0949. The summed E-state index contributed by atoms with van der Waals surface area (Å²) in [6.07, 6.45) is 1.48. The summed E-state index contributed by atoms with van der Waals surface area (Å²) < 4.78 is 1.55. The Kier molecular flexibility index (Phi) is 1.39. The zero-order valence-corrected chi connectivity index (χ0v) is 7.18. The lowest BCUT2D eigenvalue weighted by Gasteiger charge is -2.19. The summed E-state index contributed by atoms with van der Waals surface area (Å²) in [6.45, 7) is 0. The zero-order chi connectivity index (χ0) is 9.59. The van der Waals surface area contributed by atoms with E-state index in [1.807, 2.05) is 0 Å². The van der Waals surface area contributed by atoms with E-state index in [0.717, 1.165) is 0 Å². The van der Waals surface area contributed by atoms with Gasteiger partial charge in [0.2, 0.25) is 0 Å². The fourth-order valence-corrected chi connectivity index (χ4v) is 1.22. The van der Waals surface area contributed by atoms with Crippen molar-refractivity contribution in [1.29, 1.82) is 0 Å². The van der Waals surface area contributed by atoms with E-state index in [2.05, 4.69) is 10.3 Å². The van der Waals surface area contributed by atoms with E-state index >= 15 is 0 Å². The van der Waals surface area contributed by atoms with Crippen LogP contribution in [0.1, 0.15) is 10.5 Å². The fraction of sp³-hybridized carbons (Fsp3) is 0.286. The van der Waals surface area contributed by atoms with Gasteiger partial charge in [0.05, 0.1) is 6.33 Å². The minimum Gasteiger partial charge on any atom is -0.328 e. The van der Waals surface area contributed by atoms with E-state index in [9.17, 15) is 9.59 Å². The highest BCUT2D eigenvalue weighted by Gasteiger charge is 2.32. The molecule has 0 spiro atoms. The Balaban J connectivity index is 2.62. The molecule has 6 nitrogen and oxygen atoms in total. The number of hydrogen-bond donors (Lipinski definition) is 0. The quantitative estimate of drug-likeness (QED) is 0.550. The second-order valence-corrected chi connectivity index (χ2v) is 2.79. The van der Waals surface area contributed by atoms with Crippen LogP contribution >= 0.6 is 0 Å². The van der Waals surface area contributed by atoms with Crippen molar-refractivity contribution in [3.8, 4) is 0 Å². The Morgan fingerprint density at radius 3 is 2.69 bits per heavy atom. The molecule has 13 heavy (non-hydrogen) atoms. The number of urea groups is 1. The molecule has 3 amide bonds. The molecule has 1 radical (unpaired) electrons. The first kappa shape index (κ1) is 7.78. The second-order valence-electron chi connectivity index (χ2n) is 2.79. The third-order valence-electron chi connectivity index (χ3n) is 1.92. The topological polar surface area (TPSA) is 69.3 Å². The number of amides is 3. The van der Waals surface area contributed by atoms with E-state index in [-0.39, 0.29) is 0 Å². The molecule has 1 aliphatic heterocycles. The van der Waals surface area contributed by atoms with Crippen molar-refractivity contribution in [3.63, 3.8) is 0 Å². The van der Waals surface area contributed by atoms with Gasteiger partial charge in [0.1, 0.15) is 0 Å². The van der Waals surface area contributed by atoms with Crippen LogP contribution in [0.5, 0.6) is 0 Å². The van der Waals surface area contributed by atoms with Gasteiger partial charge in [-0.1, -0.05) is 0 Å². The molecule has 0 saturated carbocycles. The minimum atomic E-state index is -0.573. The van der Waals surface area contributed by atoms with Gasteiger partial charge in [-0.15, -0.1) is 0 Å². The molecule has 0 N–H and O–H groups in total. The van der Waals surface area contributed by atoms with E-state index in [0.29, 0.717) is 11.5 Å². The monoisotopic (exact) mass is 179 g/mol. The minimum absolute atomic E-state index is 0.349. The smallest absolute Gasteiger partial charge is 0.328 e. The molecule has 1 aromatic heterocycles.